The standard InChI is InChI=1S/C17H28N2O/c1-13(2)17(18,14(3)19-11-5-6-12-19)15-7-9-16(20-4)10-8-15/h7-10,13-14H,5-6,11-12,18H2,1-4H3. The summed E-state index contributed by atoms with van der Waals surface area (Å²) < 4.78 is 5.25. The van der Waals surface area contributed by atoms with Crippen molar-refractivity contribution in [3.05, 3.63) is 29.8 Å². The first-order valence-electron chi connectivity index (χ1n) is 7.67. The van der Waals surface area contributed by atoms with Crippen molar-refractivity contribution in [2.75, 3.05) is 20.2 Å². The summed E-state index contributed by atoms with van der Waals surface area (Å²) in [5, 5.41) is 0. The quantitative estimate of drug-likeness (QED) is 0.898. The number of hydrogen-bond donors (Lipinski definition) is 1. The molecule has 20 heavy (non-hydrogen) atoms. The summed E-state index contributed by atoms with van der Waals surface area (Å²) >= 11 is 0. The second-order valence-electron chi connectivity index (χ2n) is 6.24. The molecule has 0 amide bonds. The summed E-state index contributed by atoms with van der Waals surface area (Å²) in [6.45, 7) is 9.05. The average Bonchev–Trinajstić information content (AvgIpc) is 2.99. The Labute approximate surface area is 123 Å². The number of ether oxygens (including phenoxy) is 1. The maximum absolute atomic E-state index is 6.89. The zero-order valence-corrected chi connectivity index (χ0v) is 13.2. The van der Waals surface area contributed by atoms with E-state index >= 15 is 0 Å². The van der Waals surface area contributed by atoms with E-state index in [0.29, 0.717) is 12.0 Å². The van der Waals surface area contributed by atoms with Crippen molar-refractivity contribution in [1.29, 1.82) is 0 Å². The molecule has 1 aliphatic heterocycles. The van der Waals surface area contributed by atoms with Crippen LogP contribution in [0.2, 0.25) is 0 Å². The first kappa shape index (κ1) is 15.3. The van der Waals surface area contributed by atoms with Gasteiger partial charge in [-0.05, 0) is 56.5 Å². The molecular formula is C17H28N2O. The van der Waals surface area contributed by atoms with Gasteiger partial charge in [0.05, 0.1) is 12.6 Å². The van der Waals surface area contributed by atoms with Crippen molar-refractivity contribution in [2.24, 2.45) is 11.7 Å². The molecule has 1 heterocycles. The second-order valence-corrected chi connectivity index (χ2v) is 6.24. The normalized spacial score (nSPS) is 20.9. The molecule has 2 atom stereocenters. The fourth-order valence-electron chi connectivity index (χ4n) is 3.37. The SMILES string of the molecule is COc1ccc(C(N)(C(C)C)C(C)N2CCCC2)cc1. The lowest BCUT2D eigenvalue weighted by Gasteiger charge is -2.44. The summed E-state index contributed by atoms with van der Waals surface area (Å²) in [6.07, 6.45) is 2.59. The molecule has 3 nitrogen and oxygen atoms in total. The summed E-state index contributed by atoms with van der Waals surface area (Å²) in [6, 6.07) is 8.60. The molecule has 2 unspecified atom stereocenters. The van der Waals surface area contributed by atoms with Gasteiger partial charge < -0.3 is 10.5 Å². The Morgan fingerprint density at radius 3 is 2.10 bits per heavy atom. The van der Waals surface area contributed by atoms with Gasteiger partial charge in [-0.2, -0.15) is 0 Å². The predicted molar refractivity (Wildman–Crippen MR) is 84.0 cm³/mol. The molecule has 3 heteroatoms. The lowest BCUT2D eigenvalue weighted by Crippen LogP contribution is -2.57. The van der Waals surface area contributed by atoms with Crippen LogP contribution in [0.15, 0.2) is 24.3 Å². The Hall–Kier alpha value is -1.06. The zero-order chi connectivity index (χ0) is 14.8. The number of methoxy groups -OCH3 is 1. The lowest BCUT2D eigenvalue weighted by molar-refractivity contribution is 0.122. The smallest absolute Gasteiger partial charge is 0.118 e. The highest BCUT2D eigenvalue weighted by Crippen LogP contribution is 2.35. The van der Waals surface area contributed by atoms with Gasteiger partial charge >= 0.3 is 0 Å². The van der Waals surface area contributed by atoms with E-state index in [2.05, 4.69) is 37.8 Å². The predicted octanol–water partition coefficient (Wildman–Crippen LogP) is 2.99. The number of nitrogens with two attached hydrogens (primary N) is 1. The van der Waals surface area contributed by atoms with Gasteiger partial charge in [0.2, 0.25) is 0 Å². The summed E-state index contributed by atoms with van der Waals surface area (Å²) in [7, 11) is 1.69. The highest BCUT2D eigenvalue weighted by molar-refractivity contribution is 5.33. The Kier molecular flexibility index (Phi) is 4.71. The number of rotatable bonds is 5. The highest BCUT2D eigenvalue weighted by atomic mass is 16.5. The monoisotopic (exact) mass is 276 g/mol. The first-order chi connectivity index (χ1) is 9.50. The summed E-state index contributed by atoms with van der Waals surface area (Å²) in [5.41, 5.74) is 7.77. The van der Waals surface area contributed by atoms with Crippen LogP contribution >= 0.6 is 0 Å². The number of nitrogens with zero attached hydrogens (tertiary/aromatic N) is 1. The topological polar surface area (TPSA) is 38.5 Å². The Morgan fingerprint density at radius 1 is 1.10 bits per heavy atom. The van der Waals surface area contributed by atoms with Gasteiger partial charge in [0.1, 0.15) is 5.75 Å². The molecule has 0 aliphatic carbocycles. The van der Waals surface area contributed by atoms with Gasteiger partial charge in [-0.15, -0.1) is 0 Å². The molecule has 0 aromatic heterocycles. The van der Waals surface area contributed by atoms with Crippen LogP contribution in [0.3, 0.4) is 0 Å². The molecule has 1 aromatic carbocycles. The second kappa shape index (κ2) is 6.15. The number of hydrogen-bond acceptors (Lipinski definition) is 3. The minimum atomic E-state index is -0.323. The minimum Gasteiger partial charge on any atom is -0.497 e. The molecular weight excluding hydrogens is 248 g/mol. The Balaban J connectivity index is 2.31. The van der Waals surface area contributed by atoms with Gasteiger partial charge in [-0.1, -0.05) is 26.0 Å². The summed E-state index contributed by atoms with van der Waals surface area (Å²) in [5.74, 6) is 1.26. The average molecular weight is 276 g/mol. The van der Waals surface area contributed by atoms with Crippen LogP contribution in [-0.4, -0.2) is 31.1 Å². The maximum atomic E-state index is 6.89. The summed E-state index contributed by atoms with van der Waals surface area (Å²) in [4.78, 5) is 2.53. The van der Waals surface area contributed by atoms with Crippen LogP contribution < -0.4 is 10.5 Å². The third-order valence-electron chi connectivity index (χ3n) is 4.93. The van der Waals surface area contributed by atoms with Crippen molar-refractivity contribution < 1.29 is 4.74 Å². The van der Waals surface area contributed by atoms with Crippen molar-refractivity contribution >= 4 is 0 Å². The molecule has 0 bridgehead atoms. The molecule has 2 rings (SSSR count). The van der Waals surface area contributed by atoms with Gasteiger partial charge in [0.25, 0.3) is 0 Å². The molecule has 0 spiro atoms. The fraction of sp³-hybridized carbons (Fsp3) is 0.647. The lowest BCUT2D eigenvalue weighted by atomic mass is 9.75. The Bertz CT molecular complexity index is 423. The van der Waals surface area contributed by atoms with Crippen LogP contribution in [-0.2, 0) is 5.54 Å². The first-order valence-corrected chi connectivity index (χ1v) is 7.67. The molecule has 1 fully saturated rings. The van der Waals surface area contributed by atoms with Gasteiger partial charge in [0, 0.05) is 6.04 Å². The van der Waals surface area contributed by atoms with Gasteiger partial charge in [-0.3, -0.25) is 4.90 Å². The van der Waals surface area contributed by atoms with E-state index in [-0.39, 0.29) is 5.54 Å². The molecule has 1 aliphatic rings. The van der Waals surface area contributed by atoms with Crippen LogP contribution in [0, 0.1) is 5.92 Å². The van der Waals surface area contributed by atoms with E-state index in [1.165, 1.54) is 31.5 Å². The van der Waals surface area contributed by atoms with Gasteiger partial charge in [0.15, 0.2) is 0 Å². The van der Waals surface area contributed by atoms with E-state index in [1.54, 1.807) is 7.11 Å². The third-order valence-corrected chi connectivity index (χ3v) is 4.93. The van der Waals surface area contributed by atoms with Crippen molar-refractivity contribution in [2.45, 2.75) is 45.2 Å². The largest absolute Gasteiger partial charge is 0.497 e. The van der Waals surface area contributed by atoms with Crippen LogP contribution in [0.25, 0.3) is 0 Å². The number of benzene rings is 1. The highest BCUT2D eigenvalue weighted by Gasteiger charge is 2.40. The van der Waals surface area contributed by atoms with Crippen molar-refractivity contribution in [1.82, 2.24) is 4.90 Å². The molecule has 1 aromatic rings. The van der Waals surface area contributed by atoms with E-state index < -0.39 is 0 Å². The fourth-order valence-corrected chi connectivity index (χ4v) is 3.37. The van der Waals surface area contributed by atoms with E-state index in [4.69, 9.17) is 10.5 Å². The van der Waals surface area contributed by atoms with Crippen LogP contribution in [0.4, 0.5) is 0 Å². The van der Waals surface area contributed by atoms with E-state index in [1.807, 2.05) is 12.1 Å². The molecule has 112 valence electrons. The van der Waals surface area contributed by atoms with E-state index in [0.717, 1.165) is 5.75 Å². The van der Waals surface area contributed by atoms with Gasteiger partial charge in [-0.25, -0.2) is 0 Å². The maximum Gasteiger partial charge on any atom is 0.118 e. The molecule has 1 saturated heterocycles. The molecule has 0 saturated carbocycles. The molecule has 2 N–H and O–H groups in total. The van der Waals surface area contributed by atoms with Crippen LogP contribution in [0.5, 0.6) is 5.75 Å². The Morgan fingerprint density at radius 2 is 1.65 bits per heavy atom. The number of likely N-dealkylation sites (tertiary alicyclic amines) is 1. The van der Waals surface area contributed by atoms with E-state index in [9.17, 15) is 0 Å². The van der Waals surface area contributed by atoms with Crippen molar-refractivity contribution in [3.8, 4) is 5.75 Å². The zero-order valence-electron chi connectivity index (χ0n) is 13.2. The van der Waals surface area contributed by atoms with Crippen LogP contribution in [0.1, 0.15) is 39.2 Å². The van der Waals surface area contributed by atoms with Crippen molar-refractivity contribution in [3.63, 3.8) is 0 Å². The minimum absolute atomic E-state index is 0.323. The molecule has 0 radical (unpaired) electrons. The third kappa shape index (κ3) is 2.70.